The Bertz CT molecular complexity index is 2090. The number of anilines is 1. The number of phenols is 1. The number of phenolic OH excluding ortho intramolecular Hbond substituents is 1. The Morgan fingerprint density at radius 1 is 0.925 bits per heavy atom. The first-order chi connectivity index (χ1) is 19.2. The maximum absolute atomic E-state index is 12.2. The van der Waals surface area contributed by atoms with Crippen molar-refractivity contribution in [3.8, 4) is 11.4 Å². The predicted molar refractivity (Wildman–Crippen MR) is 157 cm³/mol. The van der Waals surface area contributed by atoms with E-state index in [0.29, 0.717) is 12.2 Å². The molecule has 2 heterocycles. The maximum Gasteiger partial charge on any atom is 0.262 e. The highest BCUT2D eigenvalue weighted by Gasteiger charge is 2.15. The van der Waals surface area contributed by atoms with Gasteiger partial charge in [-0.2, -0.15) is 0 Å². The van der Waals surface area contributed by atoms with Gasteiger partial charge in [-0.25, -0.2) is 0 Å². The summed E-state index contributed by atoms with van der Waals surface area (Å²) < 4.78 is 0. The second-order valence-corrected chi connectivity index (χ2v) is 9.86. The Labute approximate surface area is 228 Å². The number of rotatable bonds is 5. The van der Waals surface area contributed by atoms with Crippen LogP contribution in [0.4, 0.5) is 5.69 Å². The number of fused-ring (bicyclic) bond motifs is 2. The third-order valence-electron chi connectivity index (χ3n) is 6.84. The minimum Gasteiger partial charge on any atom is -0.505 e. The summed E-state index contributed by atoms with van der Waals surface area (Å²) in [5.74, 6) is 0.135. The molecule has 9 nitrogen and oxygen atoms in total. The topological polar surface area (TPSA) is 120 Å². The number of nitrogens with one attached hydrogen (secondary N) is 2. The predicted octanol–water partition coefficient (Wildman–Crippen LogP) is 2.84. The molecule has 0 bridgehead atoms. The molecule has 0 aliphatic carbocycles. The molecule has 40 heavy (non-hydrogen) atoms. The van der Waals surface area contributed by atoms with Crippen molar-refractivity contribution in [1.29, 1.82) is 0 Å². The minimum absolute atomic E-state index is 0.0267. The van der Waals surface area contributed by atoms with E-state index < -0.39 is 11.1 Å². The van der Waals surface area contributed by atoms with E-state index in [1.807, 2.05) is 80.7 Å². The Kier molecular flexibility index (Phi) is 6.03. The molecule has 0 atom stereocenters. The van der Waals surface area contributed by atoms with Gasteiger partial charge in [0.25, 0.3) is 11.1 Å². The van der Waals surface area contributed by atoms with Crippen molar-refractivity contribution < 1.29 is 5.11 Å². The molecule has 2 aromatic heterocycles. The molecule has 0 saturated carbocycles. The van der Waals surface area contributed by atoms with Crippen LogP contribution in [0.15, 0.2) is 82.4 Å². The lowest BCUT2D eigenvalue weighted by molar-refractivity contribution is 0.460. The zero-order valence-electron chi connectivity index (χ0n) is 22.0. The highest BCUT2D eigenvalue weighted by Crippen LogP contribution is 2.31. The molecule has 4 aromatic carbocycles. The van der Waals surface area contributed by atoms with Gasteiger partial charge >= 0.3 is 0 Å². The maximum atomic E-state index is 12.2. The van der Waals surface area contributed by atoms with Gasteiger partial charge in [-0.1, -0.05) is 43.0 Å². The lowest BCUT2D eigenvalue weighted by atomic mass is 10.0. The molecule has 0 spiro atoms. The average molecular weight is 531 g/mol. The summed E-state index contributed by atoms with van der Waals surface area (Å²) in [5, 5.41) is 22.2. The number of hydrogen-bond acceptors (Lipinski definition) is 6. The van der Waals surface area contributed by atoms with E-state index >= 15 is 0 Å². The second-order valence-electron chi connectivity index (χ2n) is 9.86. The van der Waals surface area contributed by atoms with Gasteiger partial charge in [-0.3, -0.25) is 9.59 Å². The van der Waals surface area contributed by atoms with Crippen molar-refractivity contribution in [2.45, 2.75) is 13.5 Å². The number of aromatic nitrogens is 5. The number of benzene rings is 4. The van der Waals surface area contributed by atoms with Crippen LogP contribution in [0, 0.1) is 6.92 Å². The van der Waals surface area contributed by atoms with E-state index in [0.717, 1.165) is 44.2 Å². The third kappa shape index (κ3) is 4.64. The molecule has 6 rings (SSSR count). The number of hydrogen-bond donors (Lipinski definition) is 3. The molecule has 9 heteroatoms. The first-order valence-electron chi connectivity index (χ1n) is 12.7. The summed E-state index contributed by atoms with van der Waals surface area (Å²) >= 11 is 0. The number of nitrogens with zero attached hydrogens (tertiary/aromatic N) is 4. The lowest BCUT2D eigenvalue weighted by Gasteiger charge is -2.21. The monoisotopic (exact) mass is 530 g/mol. The third-order valence-corrected chi connectivity index (χ3v) is 6.84. The summed E-state index contributed by atoms with van der Waals surface area (Å²) in [6.45, 7) is 6.01. The smallest absolute Gasteiger partial charge is 0.262 e. The van der Waals surface area contributed by atoms with Crippen LogP contribution in [0.5, 0.6) is 5.75 Å². The fourth-order valence-corrected chi connectivity index (χ4v) is 4.84. The summed E-state index contributed by atoms with van der Waals surface area (Å²) in [6, 6.07) is 23.2. The van der Waals surface area contributed by atoms with E-state index in [-0.39, 0.29) is 16.4 Å². The van der Waals surface area contributed by atoms with Gasteiger partial charge in [0.05, 0.1) is 0 Å². The van der Waals surface area contributed by atoms with Gasteiger partial charge in [0.1, 0.15) is 33.2 Å². The van der Waals surface area contributed by atoms with Gasteiger partial charge in [-0.05, 0) is 71.3 Å². The largest absolute Gasteiger partial charge is 0.505 e. The van der Waals surface area contributed by atoms with Crippen molar-refractivity contribution in [3.63, 3.8) is 0 Å². The van der Waals surface area contributed by atoms with Crippen LogP contribution < -0.4 is 26.7 Å². The molecule has 0 aliphatic rings. The lowest BCUT2D eigenvalue weighted by Crippen LogP contribution is -2.47. The second kappa shape index (κ2) is 9.70. The molecular formula is C31H26N6O3. The molecule has 198 valence electrons. The van der Waals surface area contributed by atoms with Crippen molar-refractivity contribution in [3.05, 3.63) is 121 Å². The highest BCUT2D eigenvalue weighted by atomic mass is 16.3. The van der Waals surface area contributed by atoms with Crippen LogP contribution in [-0.4, -0.2) is 37.1 Å². The quantitative estimate of drug-likeness (QED) is 0.315. The molecule has 0 saturated heterocycles. The van der Waals surface area contributed by atoms with Gasteiger partial charge in [0.15, 0.2) is 0 Å². The molecule has 0 amide bonds. The molecule has 0 fully saturated rings. The molecular weight excluding hydrogens is 504 g/mol. The Hall–Kier alpha value is -5.44. The first kappa shape index (κ1) is 24.9. The van der Waals surface area contributed by atoms with Crippen LogP contribution in [-0.2, 0) is 6.54 Å². The summed E-state index contributed by atoms with van der Waals surface area (Å²) in [4.78, 5) is 33.0. The van der Waals surface area contributed by atoms with Crippen LogP contribution in [0.2, 0.25) is 0 Å². The summed E-state index contributed by atoms with van der Waals surface area (Å²) in [6.07, 6.45) is 1.56. The van der Waals surface area contributed by atoms with Gasteiger partial charge in [-0.15, -0.1) is 15.0 Å². The zero-order valence-corrected chi connectivity index (χ0v) is 22.0. The van der Waals surface area contributed by atoms with Crippen LogP contribution in [0.25, 0.3) is 40.1 Å². The van der Waals surface area contributed by atoms with Crippen molar-refractivity contribution in [2.24, 2.45) is 0 Å². The number of aromatic hydroxyl groups is 1. The van der Waals surface area contributed by atoms with E-state index in [1.54, 1.807) is 6.08 Å². The Morgan fingerprint density at radius 3 is 2.27 bits per heavy atom. The van der Waals surface area contributed by atoms with Crippen LogP contribution in [0.3, 0.4) is 0 Å². The van der Waals surface area contributed by atoms with Gasteiger partial charge < -0.3 is 20.0 Å². The molecule has 3 N–H and O–H groups in total. The van der Waals surface area contributed by atoms with Crippen molar-refractivity contribution in [2.75, 3.05) is 11.9 Å². The summed E-state index contributed by atoms with van der Waals surface area (Å²) in [5.41, 5.74) is 4.70. The molecule has 0 unspecified atom stereocenters. The number of H-pyrrole nitrogens is 2. The van der Waals surface area contributed by atoms with Gasteiger partial charge in [0, 0.05) is 24.8 Å². The Balaban J connectivity index is 1.30. The van der Waals surface area contributed by atoms with E-state index in [9.17, 15) is 14.7 Å². The fourth-order valence-electron chi connectivity index (χ4n) is 4.84. The van der Waals surface area contributed by atoms with Gasteiger partial charge in [0.2, 0.25) is 0 Å². The highest BCUT2D eigenvalue weighted by molar-refractivity contribution is 5.87. The van der Waals surface area contributed by atoms with Crippen LogP contribution in [0.1, 0.15) is 16.7 Å². The molecule has 0 radical (unpaired) electrons. The molecule has 6 aromatic rings. The summed E-state index contributed by atoms with van der Waals surface area (Å²) in [7, 11) is 1.97. The van der Waals surface area contributed by atoms with E-state index in [2.05, 4.69) is 37.7 Å². The Morgan fingerprint density at radius 2 is 1.57 bits per heavy atom. The normalized spacial score (nSPS) is 11.2. The molecule has 0 aliphatic heterocycles. The zero-order chi connectivity index (χ0) is 28.0. The number of aryl methyl sites for hydroxylation is 1. The van der Waals surface area contributed by atoms with Crippen LogP contribution >= 0.6 is 0 Å². The SMILES string of the molecule is C=c1[nH]c(=O)c(=Cc2ccc3cc(N(C)Cc4cc(C)cc(-n5nc6ccccc6n5)c4O)ccc3c2)c(=O)[nH]1. The fraction of sp³-hybridized carbons (Fsp3) is 0.0968. The number of aromatic amines is 2. The van der Waals surface area contributed by atoms with E-state index in [1.165, 1.54) is 4.80 Å². The van der Waals surface area contributed by atoms with Crippen molar-refractivity contribution in [1.82, 2.24) is 25.0 Å². The minimum atomic E-state index is -0.481. The standard InChI is InChI=1S/C31H26N6O3/c1-18-12-23(29(38)28(13-18)37-34-26-6-4-5-7-27(26)35-37)17-36(3)24-11-10-21-14-20(8-9-22(21)16-24)15-25-30(39)32-19(2)33-31(25)40/h4-16,38H,2,17H2,1,3H3,(H,32,39)(H,33,40). The average Bonchev–Trinajstić information content (AvgIpc) is 3.36. The first-order valence-corrected chi connectivity index (χ1v) is 12.7. The van der Waals surface area contributed by atoms with Crippen molar-refractivity contribution >= 4 is 40.1 Å². The van der Waals surface area contributed by atoms with E-state index in [4.69, 9.17) is 0 Å².